The van der Waals surface area contributed by atoms with Gasteiger partial charge < -0.3 is 9.47 Å². The Balaban J connectivity index is 2.73. The average molecular weight is 253 g/mol. The van der Waals surface area contributed by atoms with E-state index in [0.29, 0.717) is 18.1 Å². The lowest BCUT2D eigenvalue weighted by Gasteiger charge is -2.11. The van der Waals surface area contributed by atoms with E-state index in [1.54, 1.807) is 30.8 Å². The predicted octanol–water partition coefficient (Wildman–Crippen LogP) is 1.92. The van der Waals surface area contributed by atoms with Gasteiger partial charge in [-0.3, -0.25) is 10.0 Å². The van der Waals surface area contributed by atoms with Crippen molar-refractivity contribution < 1.29 is 19.5 Å². The van der Waals surface area contributed by atoms with Gasteiger partial charge in [0.05, 0.1) is 20.1 Å². The van der Waals surface area contributed by atoms with Crippen molar-refractivity contribution in [2.45, 2.75) is 26.2 Å². The van der Waals surface area contributed by atoms with Crippen LogP contribution < -0.4 is 15.0 Å². The summed E-state index contributed by atoms with van der Waals surface area (Å²) in [6.45, 7) is 2.74. The second-order valence-electron chi connectivity index (χ2n) is 3.90. The summed E-state index contributed by atoms with van der Waals surface area (Å²) in [6, 6.07) is 5.28. The molecule has 0 aliphatic carbocycles. The second-order valence-corrected chi connectivity index (χ2v) is 3.90. The van der Waals surface area contributed by atoms with Gasteiger partial charge in [0.15, 0.2) is 11.5 Å². The molecule has 1 aromatic carbocycles. The zero-order valence-corrected chi connectivity index (χ0v) is 10.7. The Bertz CT molecular complexity index is 393. The van der Waals surface area contributed by atoms with Gasteiger partial charge in [-0.2, -0.15) is 0 Å². The third-order valence-electron chi connectivity index (χ3n) is 2.47. The van der Waals surface area contributed by atoms with Crippen LogP contribution in [0.2, 0.25) is 0 Å². The Kier molecular flexibility index (Phi) is 6.00. The van der Waals surface area contributed by atoms with Crippen molar-refractivity contribution in [1.29, 1.82) is 0 Å². The van der Waals surface area contributed by atoms with Crippen molar-refractivity contribution in [3.63, 3.8) is 0 Å². The highest BCUT2D eigenvalue weighted by atomic mass is 16.5. The van der Waals surface area contributed by atoms with Crippen molar-refractivity contribution in [3.8, 4) is 11.5 Å². The minimum Gasteiger partial charge on any atom is -0.493 e. The maximum atomic E-state index is 11.0. The second kappa shape index (κ2) is 7.55. The summed E-state index contributed by atoms with van der Waals surface area (Å²) in [4.78, 5) is 11.0. The molecule has 1 amide bonds. The standard InChI is InChI=1S/C13H19NO4/c1-3-4-7-18-11-6-5-10(8-12(11)17-2)9-13(15)14-16/h5-6,8,16H,3-4,7,9H2,1-2H3,(H,14,15). The summed E-state index contributed by atoms with van der Waals surface area (Å²) in [6.07, 6.45) is 2.15. The number of nitrogens with one attached hydrogen (secondary N) is 1. The highest BCUT2D eigenvalue weighted by Crippen LogP contribution is 2.28. The van der Waals surface area contributed by atoms with Crippen LogP contribution in [-0.4, -0.2) is 24.8 Å². The fourth-order valence-electron chi connectivity index (χ4n) is 1.49. The average Bonchev–Trinajstić information content (AvgIpc) is 2.40. The van der Waals surface area contributed by atoms with E-state index in [1.807, 2.05) is 0 Å². The number of benzene rings is 1. The molecule has 0 aliphatic rings. The number of amides is 1. The van der Waals surface area contributed by atoms with Crippen LogP contribution in [-0.2, 0) is 11.2 Å². The first kappa shape index (κ1) is 14.3. The molecule has 0 saturated carbocycles. The van der Waals surface area contributed by atoms with Gasteiger partial charge >= 0.3 is 0 Å². The van der Waals surface area contributed by atoms with Crippen LogP contribution in [0.3, 0.4) is 0 Å². The molecule has 0 heterocycles. The molecule has 0 spiro atoms. The Labute approximate surface area is 107 Å². The lowest BCUT2D eigenvalue weighted by molar-refractivity contribution is -0.128. The monoisotopic (exact) mass is 253 g/mol. The van der Waals surface area contributed by atoms with Gasteiger partial charge in [0.1, 0.15) is 0 Å². The molecule has 100 valence electrons. The van der Waals surface area contributed by atoms with Crippen LogP contribution >= 0.6 is 0 Å². The number of carbonyl (C=O) groups is 1. The Morgan fingerprint density at radius 2 is 2.17 bits per heavy atom. The van der Waals surface area contributed by atoms with E-state index >= 15 is 0 Å². The van der Waals surface area contributed by atoms with E-state index in [4.69, 9.17) is 14.7 Å². The number of unbranched alkanes of at least 4 members (excludes halogenated alkanes) is 1. The van der Waals surface area contributed by atoms with Gasteiger partial charge in [-0.05, 0) is 24.1 Å². The van der Waals surface area contributed by atoms with Crippen LogP contribution in [0.15, 0.2) is 18.2 Å². The first-order valence-corrected chi connectivity index (χ1v) is 5.94. The first-order valence-electron chi connectivity index (χ1n) is 5.94. The Morgan fingerprint density at radius 1 is 1.39 bits per heavy atom. The number of hydroxylamine groups is 1. The zero-order valence-electron chi connectivity index (χ0n) is 10.7. The van der Waals surface area contributed by atoms with Crippen LogP contribution in [0.5, 0.6) is 11.5 Å². The van der Waals surface area contributed by atoms with E-state index in [9.17, 15) is 4.79 Å². The van der Waals surface area contributed by atoms with Crippen LogP contribution in [0, 0.1) is 0 Å². The fourth-order valence-corrected chi connectivity index (χ4v) is 1.49. The maximum absolute atomic E-state index is 11.0. The first-order chi connectivity index (χ1) is 8.71. The van der Waals surface area contributed by atoms with E-state index in [2.05, 4.69) is 6.92 Å². The molecule has 0 fully saturated rings. The zero-order chi connectivity index (χ0) is 13.4. The third-order valence-corrected chi connectivity index (χ3v) is 2.47. The number of ether oxygens (including phenoxy) is 2. The highest BCUT2D eigenvalue weighted by Gasteiger charge is 2.08. The molecule has 1 rings (SSSR count). The quantitative estimate of drug-likeness (QED) is 0.442. The number of carbonyl (C=O) groups excluding carboxylic acids is 1. The predicted molar refractivity (Wildman–Crippen MR) is 67.0 cm³/mol. The molecule has 0 atom stereocenters. The van der Waals surface area contributed by atoms with Crippen molar-refractivity contribution in [2.24, 2.45) is 0 Å². The van der Waals surface area contributed by atoms with Gasteiger partial charge in [0, 0.05) is 0 Å². The molecule has 2 N–H and O–H groups in total. The van der Waals surface area contributed by atoms with Crippen molar-refractivity contribution in [3.05, 3.63) is 23.8 Å². The van der Waals surface area contributed by atoms with Gasteiger partial charge in [-0.25, -0.2) is 5.48 Å². The summed E-state index contributed by atoms with van der Waals surface area (Å²) < 4.78 is 10.8. The Morgan fingerprint density at radius 3 is 2.78 bits per heavy atom. The van der Waals surface area contributed by atoms with Gasteiger partial charge in [-0.1, -0.05) is 19.4 Å². The smallest absolute Gasteiger partial charge is 0.247 e. The van der Waals surface area contributed by atoms with Crippen LogP contribution in [0.25, 0.3) is 0 Å². The SMILES string of the molecule is CCCCOc1ccc(CC(=O)NO)cc1OC. The lowest BCUT2D eigenvalue weighted by atomic mass is 10.1. The van der Waals surface area contributed by atoms with E-state index in [1.165, 1.54) is 0 Å². The largest absolute Gasteiger partial charge is 0.493 e. The van der Waals surface area contributed by atoms with Gasteiger partial charge in [-0.15, -0.1) is 0 Å². The molecule has 5 nitrogen and oxygen atoms in total. The molecule has 0 bridgehead atoms. The van der Waals surface area contributed by atoms with E-state index in [0.717, 1.165) is 18.4 Å². The molecule has 0 unspecified atom stereocenters. The molecule has 0 aliphatic heterocycles. The number of hydrogen-bond acceptors (Lipinski definition) is 4. The van der Waals surface area contributed by atoms with Crippen LogP contribution in [0.1, 0.15) is 25.3 Å². The maximum Gasteiger partial charge on any atom is 0.247 e. The van der Waals surface area contributed by atoms with Gasteiger partial charge in [0.25, 0.3) is 0 Å². The summed E-state index contributed by atoms with van der Waals surface area (Å²) >= 11 is 0. The molecular formula is C13H19NO4. The molecule has 1 aromatic rings. The number of hydrogen-bond donors (Lipinski definition) is 2. The number of methoxy groups -OCH3 is 1. The molecule has 0 radical (unpaired) electrons. The van der Waals surface area contributed by atoms with Crippen molar-refractivity contribution in [1.82, 2.24) is 5.48 Å². The molecule has 5 heteroatoms. The Hall–Kier alpha value is -1.75. The molecule has 18 heavy (non-hydrogen) atoms. The van der Waals surface area contributed by atoms with Crippen molar-refractivity contribution >= 4 is 5.91 Å². The van der Waals surface area contributed by atoms with Gasteiger partial charge in [0.2, 0.25) is 5.91 Å². The lowest BCUT2D eigenvalue weighted by Crippen LogP contribution is -2.20. The highest BCUT2D eigenvalue weighted by molar-refractivity contribution is 5.77. The minimum absolute atomic E-state index is 0.0993. The molecule has 0 saturated heterocycles. The van der Waals surface area contributed by atoms with E-state index < -0.39 is 5.91 Å². The number of rotatable bonds is 7. The molecule has 0 aromatic heterocycles. The summed E-state index contributed by atoms with van der Waals surface area (Å²) in [5, 5.41) is 8.46. The topological polar surface area (TPSA) is 67.8 Å². The summed E-state index contributed by atoms with van der Waals surface area (Å²) in [5.74, 6) is 0.796. The molecular weight excluding hydrogens is 234 g/mol. The van der Waals surface area contributed by atoms with Crippen LogP contribution in [0.4, 0.5) is 0 Å². The van der Waals surface area contributed by atoms with E-state index in [-0.39, 0.29) is 6.42 Å². The minimum atomic E-state index is -0.461. The third kappa shape index (κ3) is 4.25. The summed E-state index contributed by atoms with van der Waals surface area (Å²) in [5.41, 5.74) is 2.35. The fraction of sp³-hybridized carbons (Fsp3) is 0.462. The normalized spacial score (nSPS) is 9.94. The summed E-state index contributed by atoms with van der Waals surface area (Å²) in [7, 11) is 1.55. The van der Waals surface area contributed by atoms with Crippen molar-refractivity contribution in [2.75, 3.05) is 13.7 Å².